The maximum absolute atomic E-state index is 11.8. The molecule has 14 heavy (non-hydrogen) atoms. The molecule has 0 fully saturated rings. The Labute approximate surface area is 86.0 Å². The molecule has 0 spiro atoms. The highest BCUT2D eigenvalue weighted by Crippen LogP contribution is 2.27. The van der Waals surface area contributed by atoms with Crippen LogP contribution in [0.1, 0.15) is 40.0 Å². The Morgan fingerprint density at radius 1 is 1.43 bits per heavy atom. The first-order chi connectivity index (χ1) is 6.43. The third kappa shape index (κ3) is 2.68. The molecule has 0 bridgehead atoms. The van der Waals surface area contributed by atoms with Crippen molar-refractivity contribution in [3.05, 3.63) is 12.2 Å². The van der Waals surface area contributed by atoms with Gasteiger partial charge in [0, 0.05) is 5.41 Å². The number of ketones is 1. The number of hydrogen-bond donors (Lipinski definition) is 1. The second-order valence-corrected chi connectivity index (χ2v) is 5.10. The van der Waals surface area contributed by atoms with Gasteiger partial charge < -0.3 is 5.11 Å². The minimum absolute atomic E-state index is 0.0298. The van der Waals surface area contributed by atoms with Crippen LogP contribution in [0.2, 0.25) is 0 Å². The van der Waals surface area contributed by atoms with Crippen LogP contribution in [-0.4, -0.2) is 17.0 Å². The number of hydrogen-bond acceptors (Lipinski definition) is 2. The summed E-state index contributed by atoms with van der Waals surface area (Å²) in [6, 6.07) is 0. The van der Waals surface area contributed by atoms with Gasteiger partial charge in [0.15, 0.2) is 5.78 Å². The molecule has 2 heteroatoms. The van der Waals surface area contributed by atoms with Crippen molar-refractivity contribution in [1.82, 2.24) is 0 Å². The van der Waals surface area contributed by atoms with Gasteiger partial charge >= 0.3 is 0 Å². The van der Waals surface area contributed by atoms with Crippen molar-refractivity contribution in [2.45, 2.75) is 46.1 Å². The average Bonchev–Trinajstić information content (AvgIpc) is 2.15. The zero-order valence-electron chi connectivity index (χ0n) is 9.29. The molecule has 0 radical (unpaired) electrons. The molecule has 0 saturated heterocycles. The van der Waals surface area contributed by atoms with Gasteiger partial charge in [-0.15, -0.1) is 0 Å². The molecule has 2 unspecified atom stereocenters. The number of carbonyl (C=O) groups excluding carboxylic acids is 1. The van der Waals surface area contributed by atoms with Crippen molar-refractivity contribution < 1.29 is 9.90 Å². The van der Waals surface area contributed by atoms with Gasteiger partial charge in [-0.3, -0.25) is 4.79 Å². The summed E-state index contributed by atoms with van der Waals surface area (Å²) in [5.41, 5.74) is -0.430. The normalized spacial score (nSPS) is 24.7. The van der Waals surface area contributed by atoms with Gasteiger partial charge in [0.05, 0.1) is 0 Å². The standard InChI is InChI=1S/C12H20O2/c1-12(2,3)11(14)10(13)9-7-5-4-6-8-9/h4-5,9-10,13H,6-8H2,1-3H3. The predicted molar refractivity (Wildman–Crippen MR) is 56.9 cm³/mol. The molecule has 2 atom stereocenters. The van der Waals surface area contributed by atoms with Crippen molar-refractivity contribution in [3.63, 3.8) is 0 Å². The lowest BCUT2D eigenvalue weighted by Crippen LogP contribution is -2.38. The summed E-state index contributed by atoms with van der Waals surface area (Å²) in [4.78, 5) is 11.8. The van der Waals surface area contributed by atoms with Gasteiger partial charge in [-0.2, -0.15) is 0 Å². The van der Waals surface area contributed by atoms with Crippen LogP contribution in [0.5, 0.6) is 0 Å². The van der Waals surface area contributed by atoms with E-state index < -0.39 is 11.5 Å². The Bertz CT molecular complexity index is 235. The van der Waals surface area contributed by atoms with E-state index in [0.29, 0.717) is 0 Å². The molecule has 0 aromatic carbocycles. The lowest BCUT2D eigenvalue weighted by molar-refractivity contribution is -0.137. The summed E-state index contributed by atoms with van der Waals surface area (Å²) in [5.74, 6) is 0.101. The molecule has 0 heterocycles. The van der Waals surface area contributed by atoms with E-state index in [1.165, 1.54) is 0 Å². The van der Waals surface area contributed by atoms with Crippen LogP contribution in [0, 0.1) is 11.3 Å². The zero-order chi connectivity index (χ0) is 10.8. The molecular formula is C12H20O2. The molecule has 80 valence electrons. The van der Waals surface area contributed by atoms with Crippen LogP contribution in [0.25, 0.3) is 0 Å². The highest BCUT2D eigenvalue weighted by atomic mass is 16.3. The smallest absolute Gasteiger partial charge is 0.166 e. The Balaban J connectivity index is 2.60. The molecule has 0 aliphatic heterocycles. The number of Topliss-reactive ketones (excluding diaryl/α,β-unsaturated/α-hetero) is 1. The Kier molecular flexibility index (Phi) is 3.48. The second-order valence-electron chi connectivity index (χ2n) is 5.10. The van der Waals surface area contributed by atoms with Crippen molar-refractivity contribution in [2.24, 2.45) is 11.3 Å². The monoisotopic (exact) mass is 196 g/mol. The van der Waals surface area contributed by atoms with Crippen LogP contribution < -0.4 is 0 Å². The molecule has 1 rings (SSSR count). The van der Waals surface area contributed by atoms with E-state index in [-0.39, 0.29) is 11.7 Å². The topological polar surface area (TPSA) is 37.3 Å². The highest BCUT2D eigenvalue weighted by Gasteiger charge is 2.33. The maximum Gasteiger partial charge on any atom is 0.166 e. The largest absolute Gasteiger partial charge is 0.385 e. The summed E-state index contributed by atoms with van der Waals surface area (Å²) < 4.78 is 0. The number of carbonyl (C=O) groups is 1. The zero-order valence-corrected chi connectivity index (χ0v) is 9.29. The fourth-order valence-electron chi connectivity index (χ4n) is 1.76. The summed E-state index contributed by atoms with van der Waals surface area (Å²) in [5, 5.41) is 9.89. The van der Waals surface area contributed by atoms with Gasteiger partial charge in [-0.1, -0.05) is 32.9 Å². The molecule has 0 aromatic heterocycles. The van der Waals surface area contributed by atoms with E-state index in [1.807, 2.05) is 20.8 Å². The van der Waals surface area contributed by atoms with Gasteiger partial charge in [0.25, 0.3) is 0 Å². The van der Waals surface area contributed by atoms with E-state index in [4.69, 9.17) is 0 Å². The van der Waals surface area contributed by atoms with Crippen LogP contribution in [0.4, 0.5) is 0 Å². The first-order valence-corrected chi connectivity index (χ1v) is 5.30. The molecule has 2 nitrogen and oxygen atoms in total. The average molecular weight is 196 g/mol. The van der Waals surface area contributed by atoms with E-state index in [0.717, 1.165) is 19.3 Å². The van der Waals surface area contributed by atoms with Crippen molar-refractivity contribution in [3.8, 4) is 0 Å². The Morgan fingerprint density at radius 3 is 2.50 bits per heavy atom. The van der Waals surface area contributed by atoms with Gasteiger partial charge in [0.1, 0.15) is 6.10 Å². The van der Waals surface area contributed by atoms with Crippen LogP contribution in [0.3, 0.4) is 0 Å². The molecule has 1 N–H and O–H groups in total. The fourth-order valence-corrected chi connectivity index (χ4v) is 1.76. The highest BCUT2D eigenvalue weighted by molar-refractivity contribution is 5.87. The van der Waals surface area contributed by atoms with Gasteiger partial charge in [-0.25, -0.2) is 0 Å². The number of aliphatic hydroxyl groups is 1. The summed E-state index contributed by atoms with van der Waals surface area (Å²) >= 11 is 0. The Morgan fingerprint density at radius 2 is 2.07 bits per heavy atom. The molecular weight excluding hydrogens is 176 g/mol. The lowest BCUT2D eigenvalue weighted by Gasteiger charge is -2.27. The first-order valence-electron chi connectivity index (χ1n) is 5.30. The summed E-state index contributed by atoms with van der Waals surface area (Å²) in [6.45, 7) is 5.58. The van der Waals surface area contributed by atoms with Crippen LogP contribution in [0.15, 0.2) is 12.2 Å². The lowest BCUT2D eigenvalue weighted by atomic mass is 9.79. The number of rotatable bonds is 2. The summed E-state index contributed by atoms with van der Waals surface area (Å²) in [6.07, 6.45) is 6.15. The minimum atomic E-state index is -0.778. The predicted octanol–water partition coefficient (Wildman–Crippen LogP) is 2.32. The first kappa shape index (κ1) is 11.4. The van der Waals surface area contributed by atoms with E-state index in [2.05, 4.69) is 12.2 Å². The molecule has 0 amide bonds. The third-order valence-electron chi connectivity index (χ3n) is 2.76. The Hall–Kier alpha value is -0.630. The van der Waals surface area contributed by atoms with Crippen LogP contribution in [-0.2, 0) is 4.79 Å². The second kappa shape index (κ2) is 4.26. The maximum atomic E-state index is 11.8. The van der Waals surface area contributed by atoms with Crippen molar-refractivity contribution in [1.29, 1.82) is 0 Å². The SMILES string of the molecule is CC(C)(C)C(=O)C(O)C1CC=CCC1. The van der Waals surface area contributed by atoms with E-state index >= 15 is 0 Å². The third-order valence-corrected chi connectivity index (χ3v) is 2.76. The van der Waals surface area contributed by atoms with E-state index in [1.54, 1.807) is 0 Å². The molecule has 1 aliphatic rings. The summed E-state index contributed by atoms with van der Waals surface area (Å²) in [7, 11) is 0. The molecule has 0 aromatic rings. The number of allylic oxidation sites excluding steroid dienone is 2. The van der Waals surface area contributed by atoms with Gasteiger partial charge in [0.2, 0.25) is 0 Å². The van der Waals surface area contributed by atoms with Gasteiger partial charge in [-0.05, 0) is 25.2 Å². The number of aliphatic hydroxyl groups excluding tert-OH is 1. The molecule has 0 saturated carbocycles. The quantitative estimate of drug-likeness (QED) is 0.688. The van der Waals surface area contributed by atoms with Crippen molar-refractivity contribution >= 4 is 5.78 Å². The van der Waals surface area contributed by atoms with E-state index in [9.17, 15) is 9.90 Å². The van der Waals surface area contributed by atoms with Crippen molar-refractivity contribution in [2.75, 3.05) is 0 Å². The van der Waals surface area contributed by atoms with Crippen LogP contribution >= 0.6 is 0 Å². The molecule has 1 aliphatic carbocycles. The minimum Gasteiger partial charge on any atom is -0.385 e. The fraction of sp³-hybridized carbons (Fsp3) is 0.750.